The Bertz CT molecular complexity index is 773. The first kappa shape index (κ1) is 17.0. The highest BCUT2D eigenvalue weighted by Gasteiger charge is 2.18. The number of rotatable bonds is 2. The van der Waals surface area contributed by atoms with Crippen LogP contribution in [0, 0.1) is 0 Å². The van der Waals surface area contributed by atoms with Crippen molar-refractivity contribution < 1.29 is 9.53 Å². The first-order chi connectivity index (χ1) is 11.4. The lowest BCUT2D eigenvalue weighted by Crippen LogP contribution is -2.10. The van der Waals surface area contributed by atoms with Gasteiger partial charge in [0.15, 0.2) is 0 Å². The molecule has 24 heavy (non-hydrogen) atoms. The summed E-state index contributed by atoms with van der Waals surface area (Å²) >= 11 is 1.84. The van der Waals surface area contributed by atoms with E-state index in [2.05, 4.69) is 51.1 Å². The van der Waals surface area contributed by atoms with Crippen LogP contribution >= 0.6 is 11.3 Å². The van der Waals surface area contributed by atoms with E-state index in [1.54, 1.807) is 0 Å². The Kier molecular flexibility index (Phi) is 4.64. The van der Waals surface area contributed by atoms with Gasteiger partial charge >= 0.3 is 5.97 Å². The molecule has 0 spiro atoms. The lowest BCUT2D eigenvalue weighted by Gasteiger charge is -2.18. The maximum absolute atomic E-state index is 11.9. The minimum atomic E-state index is -0.204. The summed E-state index contributed by atoms with van der Waals surface area (Å²) in [6.07, 6.45) is 4.83. The van der Waals surface area contributed by atoms with Crippen molar-refractivity contribution in [3.05, 3.63) is 51.9 Å². The van der Waals surface area contributed by atoms with E-state index < -0.39 is 0 Å². The van der Waals surface area contributed by atoms with Crippen molar-refractivity contribution >= 4 is 23.4 Å². The third-order valence-electron chi connectivity index (χ3n) is 4.50. The molecule has 3 heteroatoms. The summed E-state index contributed by atoms with van der Waals surface area (Å²) in [5.74, 6) is -0.204. The van der Waals surface area contributed by atoms with Gasteiger partial charge in [-0.2, -0.15) is 0 Å². The molecule has 0 saturated heterocycles. The number of hydrogen-bond donors (Lipinski definition) is 0. The first-order valence-corrected chi connectivity index (χ1v) is 9.22. The minimum absolute atomic E-state index is 0.170. The van der Waals surface area contributed by atoms with E-state index >= 15 is 0 Å². The Morgan fingerprint density at radius 3 is 2.46 bits per heavy atom. The molecule has 2 nitrogen and oxygen atoms in total. The highest BCUT2D eigenvalue weighted by Crippen LogP contribution is 2.36. The molecule has 1 aliphatic rings. The molecule has 0 radical (unpaired) electrons. The van der Waals surface area contributed by atoms with Crippen LogP contribution < -0.4 is 0 Å². The van der Waals surface area contributed by atoms with Gasteiger partial charge in [-0.05, 0) is 53.5 Å². The third kappa shape index (κ3) is 3.46. The number of aryl methyl sites for hydroxylation is 1. The number of hydrogen-bond acceptors (Lipinski definition) is 3. The van der Waals surface area contributed by atoms with Gasteiger partial charge in [0.2, 0.25) is 0 Å². The fourth-order valence-electron chi connectivity index (χ4n) is 3.03. The van der Waals surface area contributed by atoms with Gasteiger partial charge < -0.3 is 4.74 Å². The number of methoxy groups -OCH3 is 1. The standard InChI is InChI=1S/C21H24O2S/c1-21(2,3)17-10-8-14(9-11-17)19-13-16-12-15(20(22)23-4)6-5-7-18(16)24-19/h8-13H,5-7H2,1-4H3. The van der Waals surface area contributed by atoms with Crippen LogP contribution in [0.2, 0.25) is 0 Å². The van der Waals surface area contributed by atoms with Crippen LogP contribution in [0.25, 0.3) is 16.5 Å². The molecule has 0 amide bonds. The monoisotopic (exact) mass is 340 g/mol. The maximum Gasteiger partial charge on any atom is 0.333 e. The Morgan fingerprint density at radius 1 is 1.12 bits per heavy atom. The molecule has 3 rings (SSSR count). The minimum Gasteiger partial charge on any atom is -0.466 e. The lowest BCUT2D eigenvalue weighted by atomic mass is 9.86. The number of esters is 1. The SMILES string of the molecule is COC(=O)C1=Cc2cc(-c3ccc(C(C)(C)C)cc3)sc2CCC1. The number of fused-ring (bicyclic) bond motifs is 1. The quantitative estimate of drug-likeness (QED) is 0.665. The molecule has 0 aliphatic heterocycles. The van der Waals surface area contributed by atoms with Gasteiger partial charge in [0.05, 0.1) is 7.11 Å². The van der Waals surface area contributed by atoms with Crippen LogP contribution in [0.1, 0.15) is 49.6 Å². The van der Waals surface area contributed by atoms with Gasteiger partial charge in [0.25, 0.3) is 0 Å². The van der Waals surface area contributed by atoms with Crippen LogP contribution in [0.5, 0.6) is 0 Å². The summed E-state index contributed by atoms with van der Waals surface area (Å²) < 4.78 is 4.89. The molecular weight excluding hydrogens is 316 g/mol. The number of thiophene rings is 1. The number of benzene rings is 1. The molecule has 1 aromatic heterocycles. The summed E-state index contributed by atoms with van der Waals surface area (Å²) in [4.78, 5) is 14.5. The van der Waals surface area contributed by atoms with E-state index in [1.165, 1.54) is 33.6 Å². The van der Waals surface area contributed by atoms with Crippen LogP contribution in [-0.4, -0.2) is 13.1 Å². The second kappa shape index (κ2) is 6.56. The number of carbonyl (C=O) groups is 1. The largest absolute Gasteiger partial charge is 0.466 e. The number of carbonyl (C=O) groups excluding carboxylic acids is 1. The van der Waals surface area contributed by atoms with Gasteiger partial charge in [-0.15, -0.1) is 11.3 Å². The van der Waals surface area contributed by atoms with Crippen molar-refractivity contribution in [1.29, 1.82) is 0 Å². The summed E-state index contributed by atoms with van der Waals surface area (Å²) in [6.45, 7) is 6.69. The molecule has 0 atom stereocenters. The van der Waals surface area contributed by atoms with E-state index in [1.807, 2.05) is 17.4 Å². The second-order valence-electron chi connectivity index (χ2n) is 7.33. The summed E-state index contributed by atoms with van der Waals surface area (Å²) in [5, 5.41) is 0. The van der Waals surface area contributed by atoms with Gasteiger partial charge in [-0.25, -0.2) is 4.79 Å². The summed E-state index contributed by atoms with van der Waals surface area (Å²) in [7, 11) is 1.45. The molecule has 0 N–H and O–H groups in total. The van der Waals surface area contributed by atoms with E-state index in [4.69, 9.17) is 4.74 Å². The lowest BCUT2D eigenvalue weighted by molar-refractivity contribution is -0.136. The predicted molar refractivity (Wildman–Crippen MR) is 101 cm³/mol. The van der Waals surface area contributed by atoms with Crippen molar-refractivity contribution in [2.24, 2.45) is 0 Å². The van der Waals surface area contributed by atoms with Gasteiger partial charge in [-0.1, -0.05) is 45.0 Å². The fourth-order valence-corrected chi connectivity index (χ4v) is 4.22. The Balaban J connectivity index is 1.94. The zero-order chi connectivity index (χ0) is 17.3. The van der Waals surface area contributed by atoms with Crippen molar-refractivity contribution in [2.75, 3.05) is 7.11 Å². The highest BCUT2D eigenvalue weighted by molar-refractivity contribution is 7.15. The predicted octanol–water partition coefficient (Wildman–Crippen LogP) is 5.61. The molecule has 2 aromatic rings. The summed E-state index contributed by atoms with van der Waals surface area (Å²) in [5.41, 5.74) is 4.71. The average molecular weight is 340 g/mol. The molecule has 0 saturated carbocycles. The van der Waals surface area contributed by atoms with E-state index in [9.17, 15) is 4.79 Å². The first-order valence-electron chi connectivity index (χ1n) is 8.41. The topological polar surface area (TPSA) is 26.3 Å². The van der Waals surface area contributed by atoms with Crippen LogP contribution in [0.15, 0.2) is 35.9 Å². The molecule has 126 valence electrons. The molecular formula is C21H24O2S. The Labute approximate surface area is 148 Å². The number of ether oxygens (including phenoxy) is 1. The van der Waals surface area contributed by atoms with Crippen LogP contribution in [-0.2, 0) is 21.4 Å². The van der Waals surface area contributed by atoms with E-state index in [0.717, 1.165) is 24.8 Å². The van der Waals surface area contributed by atoms with E-state index in [0.29, 0.717) is 0 Å². The summed E-state index contributed by atoms with van der Waals surface area (Å²) in [6, 6.07) is 11.1. The molecule has 1 aromatic carbocycles. The Morgan fingerprint density at radius 2 is 1.83 bits per heavy atom. The molecule has 1 aliphatic carbocycles. The molecule has 0 bridgehead atoms. The van der Waals surface area contributed by atoms with Crippen LogP contribution in [0.4, 0.5) is 0 Å². The molecule has 1 heterocycles. The normalized spacial score (nSPS) is 14.6. The van der Waals surface area contributed by atoms with Gasteiger partial charge in [0, 0.05) is 15.3 Å². The zero-order valence-corrected chi connectivity index (χ0v) is 15.6. The molecule has 0 fully saturated rings. The van der Waals surface area contributed by atoms with Gasteiger partial charge in [-0.3, -0.25) is 0 Å². The van der Waals surface area contributed by atoms with Crippen molar-refractivity contribution in [1.82, 2.24) is 0 Å². The maximum atomic E-state index is 11.9. The van der Waals surface area contributed by atoms with Crippen molar-refractivity contribution in [3.8, 4) is 10.4 Å². The third-order valence-corrected chi connectivity index (χ3v) is 5.76. The van der Waals surface area contributed by atoms with Crippen molar-refractivity contribution in [3.63, 3.8) is 0 Å². The van der Waals surface area contributed by atoms with E-state index in [-0.39, 0.29) is 11.4 Å². The van der Waals surface area contributed by atoms with Gasteiger partial charge in [0.1, 0.15) is 0 Å². The zero-order valence-electron chi connectivity index (χ0n) is 14.8. The average Bonchev–Trinajstić information content (AvgIpc) is 2.85. The van der Waals surface area contributed by atoms with Crippen molar-refractivity contribution in [2.45, 2.75) is 45.4 Å². The smallest absolute Gasteiger partial charge is 0.333 e. The fraction of sp³-hybridized carbons (Fsp3) is 0.381. The second-order valence-corrected chi connectivity index (χ2v) is 8.47. The Hall–Kier alpha value is -1.87. The molecule has 0 unspecified atom stereocenters. The highest BCUT2D eigenvalue weighted by atomic mass is 32.1. The van der Waals surface area contributed by atoms with Crippen LogP contribution in [0.3, 0.4) is 0 Å².